The normalized spacial score (nSPS) is 17.2. The van der Waals surface area contributed by atoms with E-state index in [2.05, 4.69) is 0 Å². The Bertz CT molecular complexity index is 972. The number of carbonyl (C=O) groups excluding carboxylic acids is 2. The second kappa shape index (κ2) is 8.93. The molecule has 1 atom stereocenters. The van der Waals surface area contributed by atoms with Crippen LogP contribution in [0.15, 0.2) is 36.4 Å². The van der Waals surface area contributed by atoms with E-state index in [9.17, 15) is 18.4 Å². The number of hydrogen-bond acceptors (Lipinski definition) is 2. The van der Waals surface area contributed by atoms with E-state index >= 15 is 0 Å². The van der Waals surface area contributed by atoms with Gasteiger partial charge in [-0.3, -0.25) is 9.59 Å². The van der Waals surface area contributed by atoms with E-state index in [1.165, 1.54) is 29.2 Å². The standard InChI is InChI=1S/C21H18Cl2F2N2O2/c22-16-8-12(1-5-19(26)28)9-17(23)21(16)27-11-13(2-6-20(27)29)7-14-3-4-15(24)10-18(14)25/h1,3-5,8-10,13H,2,6-7,11H2,(H2,26,28)/b5-1+. The Morgan fingerprint density at radius 1 is 1.21 bits per heavy atom. The molecule has 1 aliphatic rings. The minimum absolute atomic E-state index is 0.0331. The molecule has 1 heterocycles. The van der Waals surface area contributed by atoms with Crippen LogP contribution in [0.3, 0.4) is 0 Å². The molecule has 8 heteroatoms. The highest BCUT2D eigenvalue weighted by Gasteiger charge is 2.30. The molecule has 4 nitrogen and oxygen atoms in total. The SMILES string of the molecule is NC(=O)/C=C/c1cc(Cl)c(N2CC(Cc3ccc(F)cc3F)CCC2=O)c(Cl)c1. The maximum atomic E-state index is 14.0. The molecule has 0 spiro atoms. The molecular formula is C21H18Cl2F2N2O2. The quantitative estimate of drug-likeness (QED) is 0.684. The fourth-order valence-electron chi connectivity index (χ4n) is 3.41. The van der Waals surface area contributed by atoms with E-state index in [1.807, 2.05) is 0 Å². The summed E-state index contributed by atoms with van der Waals surface area (Å²) in [6.07, 6.45) is 3.87. The second-order valence-corrected chi connectivity index (χ2v) is 7.73. The molecule has 2 amide bonds. The largest absolute Gasteiger partial charge is 0.366 e. The van der Waals surface area contributed by atoms with Crippen LogP contribution in [0, 0.1) is 17.6 Å². The molecule has 29 heavy (non-hydrogen) atoms. The van der Waals surface area contributed by atoms with Crippen LogP contribution >= 0.6 is 23.2 Å². The summed E-state index contributed by atoms with van der Waals surface area (Å²) >= 11 is 12.7. The molecule has 1 fully saturated rings. The van der Waals surface area contributed by atoms with Gasteiger partial charge in [0.25, 0.3) is 0 Å². The fourth-order valence-corrected chi connectivity index (χ4v) is 4.12. The highest BCUT2D eigenvalue weighted by atomic mass is 35.5. The van der Waals surface area contributed by atoms with E-state index in [1.54, 1.807) is 12.1 Å². The first kappa shape index (κ1) is 21.3. The van der Waals surface area contributed by atoms with Gasteiger partial charge in [-0.05, 0) is 54.2 Å². The van der Waals surface area contributed by atoms with Gasteiger partial charge in [0, 0.05) is 25.1 Å². The van der Waals surface area contributed by atoms with Gasteiger partial charge in [-0.15, -0.1) is 0 Å². The first-order chi connectivity index (χ1) is 13.7. The minimum atomic E-state index is -0.629. The first-order valence-corrected chi connectivity index (χ1v) is 9.71. The number of amides is 2. The zero-order valence-corrected chi connectivity index (χ0v) is 16.8. The van der Waals surface area contributed by atoms with E-state index in [4.69, 9.17) is 28.9 Å². The molecule has 152 valence electrons. The van der Waals surface area contributed by atoms with Gasteiger partial charge in [0.15, 0.2) is 0 Å². The third-order valence-corrected chi connectivity index (χ3v) is 5.36. The van der Waals surface area contributed by atoms with Gasteiger partial charge in [-0.1, -0.05) is 29.3 Å². The molecule has 2 N–H and O–H groups in total. The van der Waals surface area contributed by atoms with Crippen LogP contribution in [-0.4, -0.2) is 18.4 Å². The molecule has 1 saturated heterocycles. The number of piperidine rings is 1. The van der Waals surface area contributed by atoms with E-state index in [0.717, 1.165) is 6.07 Å². The lowest BCUT2D eigenvalue weighted by atomic mass is 9.90. The average Bonchev–Trinajstić information content (AvgIpc) is 2.64. The van der Waals surface area contributed by atoms with Gasteiger partial charge in [-0.2, -0.15) is 0 Å². The third-order valence-electron chi connectivity index (χ3n) is 4.78. The number of carbonyl (C=O) groups is 2. The number of anilines is 1. The van der Waals surface area contributed by atoms with Gasteiger partial charge in [-0.25, -0.2) is 8.78 Å². The lowest BCUT2D eigenvalue weighted by Crippen LogP contribution is -2.41. The van der Waals surface area contributed by atoms with Crippen LogP contribution in [0.25, 0.3) is 6.08 Å². The molecule has 2 aromatic carbocycles. The molecule has 0 radical (unpaired) electrons. The van der Waals surface area contributed by atoms with Crippen molar-refractivity contribution >= 4 is 46.8 Å². The topological polar surface area (TPSA) is 63.4 Å². The van der Waals surface area contributed by atoms with Gasteiger partial charge >= 0.3 is 0 Å². The van der Waals surface area contributed by atoms with Crippen molar-refractivity contribution in [2.24, 2.45) is 11.7 Å². The van der Waals surface area contributed by atoms with Crippen LogP contribution in [0.1, 0.15) is 24.0 Å². The number of primary amides is 1. The smallest absolute Gasteiger partial charge is 0.241 e. The Balaban J connectivity index is 1.83. The summed E-state index contributed by atoms with van der Waals surface area (Å²) in [5.74, 6) is -2.01. The Kier molecular flexibility index (Phi) is 6.55. The summed E-state index contributed by atoms with van der Waals surface area (Å²) in [5.41, 5.74) is 6.43. The van der Waals surface area contributed by atoms with Crippen molar-refractivity contribution in [1.82, 2.24) is 0 Å². The minimum Gasteiger partial charge on any atom is -0.366 e. The van der Waals surface area contributed by atoms with Crippen molar-refractivity contribution in [2.75, 3.05) is 11.4 Å². The fraction of sp³-hybridized carbons (Fsp3) is 0.238. The number of benzene rings is 2. The summed E-state index contributed by atoms with van der Waals surface area (Å²) in [6.45, 7) is 0.311. The predicted molar refractivity (Wildman–Crippen MR) is 110 cm³/mol. The number of nitrogens with zero attached hydrogens (tertiary/aromatic N) is 1. The predicted octanol–water partition coefficient (Wildman–Crippen LogP) is 4.76. The monoisotopic (exact) mass is 438 g/mol. The van der Waals surface area contributed by atoms with Crippen molar-refractivity contribution < 1.29 is 18.4 Å². The van der Waals surface area contributed by atoms with Crippen molar-refractivity contribution in [3.05, 3.63) is 69.2 Å². The van der Waals surface area contributed by atoms with Crippen LogP contribution in [0.5, 0.6) is 0 Å². The van der Waals surface area contributed by atoms with Crippen molar-refractivity contribution in [3.8, 4) is 0 Å². The Morgan fingerprint density at radius 2 is 1.90 bits per heavy atom. The van der Waals surface area contributed by atoms with Gasteiger partial charge in [0.1, 0.15) is 11.6 Å². The zero-order chi connectivity index (χ0) is 21.1. The summed E-state index contributed by atoms with van der Waals surface area (Å²) < 4.78 is 27.1. The Morgan fingerprint density at radius 3 is 2.52 bits per heavy atom. The van der Waals surface area contributed by atoms with Gasteiger partial charge < -0.3 is 10.6 Å². The highest BCUT2D eigenvalue weighted by molar-refractivity contribution is 6.40. The van der Waals surface area contributed by atoms with Crippen LogP contribution in [0.2, 0.25) is 10.0 Å². The molecule has 0 bridgehead atoms. The van der Waals surface area contributed by atoms with Crippen LogP contribution in [-0.2, 0) is 16.0 Å². The molecular weight excluding hydrogens is 421 g/mol. The van der Waals surface area contributed by atoms with E-state index < -0.39 is 17.5 Å². The highest BCUT2D eigenvalue weighted by Crippen LogP contribution is 2.38. The molecule has 0 saturated carbocycles. The maximum absolute atomic E-state index is 14.0. The average molecular weight is 439 g/mol. The summed E-state index contributed by atoms with van der Waals surface area (Å²) in [6, 6.07) is 6.66. The maximum Gasteiger partial charge on any atom is 0.241 e. The van der Waals surface area contributed by atoms with Crippen molar-refractivity contribution in [3.63, 3.8) is 0 Å². The zero-order valence-electron chi connectivity index (χ0n) is 15.3. The molecule has 3 rings (SSSR count). The van der Waals surface area contributed by atoms with Crippen LogP contribution in [0.4, 0.5) is 14.5 Å². The first-order valence-electron chi connectivity index (χ1n) is 8.95. The van der Waals surface area contributed by atoms with Gasteiger partial charge in [0.05, 0.1) is 15.7 Å². The molecule has 1 unspecified atom stereocenters. The summed E-state index contributed by atoms with van der Waals surface area (Å²) in [4.78, 5) is 24.9. The number of halogens is 4. The van der Waals surface area contributed by atoms with E-state index in [0.29, 0.717) is 36.2 Å². The Labute approximate surface area is 176 Å². The lowest BCUT2D eigenvalue weighted by molar-refractivity contribution is -0.120. The number of nitrogens with two attached hydrogens (primary N) is 1. The second-order valence-electron chi connectivity index (χ2n) is 6.92. The van der Waals surface area contributed by atoms with Crippen LogP contribution < -0.4 is 10.6 Å². The Hall–Kier alpha value is -2.44. The van der Waals surface area contributed by atoms with Gasteiger partial charge in [0.2, 0.25) is 11.8 Å². The number of rotatable bonds is 5. The molecule has 2 aromatic rings. The molecule has 1 aliphatic heterocycles. The molecule has 0 aliphatic carbocycles. The molecule has 0 aromatic heterocycles. The third kappa shape index (κ3) is 5.14. The lowest BCUT2D eigenvalue weighted by Gasteiger charge is -2.34. The van der Waals surface area contributed by atoms with E-state index in [-0.39, 0.29) is 28.3 Å². The summed E-state index contributed by atoms with van der Waals surface area (Å²) in [7, 11) is 0. The summed E-state index contributed by atoms with van der Waals surface area (Å²) in [5, 5.41) is 0.507. The number of hydrogen-bond donors (Lipinski definition) is 1. The van der Waals surface area contributed by atoms with Crippen molar-refractivity contribution in [2.45, 2.75) is 19.3 Å². The van der Waals surface area contributed by atoms with Crippen molar-refractivity contribution in [1.29, 1.82) is 0 Å².